The second-order valence-corrected chi connectivity index (χ2v) is 1.51. The van der Waals surface area contributed by atoms with Crippen LogP contribution in [0.2, 0.25) is 0 Å². The quantitative estimate of drug-likeness (QED) is 0.196. The Morgan fingerprint density at radius 3 is 2.25 bits per heavy atom. The zero-order chi connectivity index (χ0) is 5.70. The van der Waals surface area contributed by atoms with Gasteiger partial charge in [0, 0.05) is 0 Å². The third-order valence-corrected chi connectivity index (χ3v) is 0.475. The maximum Gasteiger partial charge on any atom is 1.00 e. The van der Waals surface area contributed by atoms with Crippen molar-refractivity contribution in [3.8, 4) is 0 Å². The molecular weight excluding hydrogens is 113 g/mol. The van der Waals surface area contributed by atoms with Gasteiger partial charge in [0.05, 0.1) is 6.21 Å². The van der Waals surface area contributed by atoms with E-state index in [9.17, 15) is 0 Å². The Kier molecular flexibility index (Phi) is 9.97. The van der Waals surface area contributed by atoms with Crippen LogP contribution in [-0.4, -0.2) is 11.4 Å². The Balaban J connectivity index is -0.000000180. The molecule has 0 aromatic rings. The van der Waals surface area contributed by atoms with Gasteiger partial charge in [0.2, 0.25) is 0 Å². The summed E-state index contributed by atoms with van der Waals surface area (Å²) in [4.78, 5) is 0. The first kappa shape index (κ1) is 11.1. The zero-order valence-electron chi connectivity index (χ0n) is 6.55. The molecule has 0 unspecified atom stereocenters. The fourth-order valence-corrected chi connectivity index (χ4v) is 0.182. The van der Waals surface area contributed by atoms with Crippen molar-refractivity contribution in [1.82, 2.24) is 0 Å². The van der Waals surface area contributed by atoms with Crippen LogP contribution in [0.5, 0.6) is 0 Å². The molecule has 3 heteroatoms. The first-order chi connectivity index (χ1) is 3.27. The first-order valence-electron chi connectivity index (χ1n) is 2.08. The molecule has 0 saturated heterocycles. The minimum Gasteiger partial charge on any atom is -1.00 e. The second kappa shape index (κ2) is 7.21. The second-order valence-electron chi connectivity index (χ2n) is 1.51. The summed E-state index contributed by atoms with van der Waals surface area (Å²) in [5.74, 6) is 0. The summed E-state index contributed by atoms with van der Waals surface area (Å²) >= 11 is 0. The van der Waals surface area contributed by atoms with Gasteiger partial charge in [-0.2, -0.15) is 0 Å². The number of oxime groups is 1. The van der Waals surface area contributed by atoms with Crippen molar-refractivity contribution < 1.29 is 36.2 Å². The molecule has 0 spiro atoms. The number of rotatable bonds is 1. The van der Waals surface area contributed by atoms with E-state index in [-0.39, 0.29) is 31.0 Å². The Hall–Kier alpha value is 0.210. The van der Waals surface area contributed by atoms with Crippen molar-refractivity contribution in [2.75, 3.05) is 0 Å². The summed E-state index contributed by atoms with van der Waals surface area (Å²) in [7, 11) is 0. The Labute approximate surface area is 73.1 Å². The largest absolute Gasteiger partial charge is 1.00 e. The maximum absolute atomic E-state index is 7.84. The summed E-state index contributed by atoms with van der Waals surface area (Å²) in [6.45, 7) is 3.86. The third kappa shape index (κ3) is 9.51. The van der Waals surface area contributed by atoms with Crippen LogP contribution in [0.25, 0.3) is 0 Å². The van der Waals surface area contributed by atoms with Crippen LogP contribution in [0.1, 0.15) is 15.3 Å². The predicted octanol–water partition coefficient (Wildman–Crippen LogP) is -1.47. The molecule has 0 aromatic heterocycles. The smallest absolute Gasteiger partial charge is 1.00 e. The van der Waals surface area contributed by atoms with Gasteiger partial charge in [-0.15, -0.1) is 0 Å². The van der Waals surface area contributed by atoms with Crippen LogP contribution in [0.4, 0.5) is 0 Å². The van der Waals surface area contributed by atoms with E-state index in [4.69, 9.17) is 5.21 Å². The van der Waals surface area contributed by atoms with Gasteiger partial charge in [-0.3, -0.25) is 0 Å². The monoisotopic (exact) mass is 123 g/mol. The Morgan fingerprint density at radius 1 is 1.62 bits per heavy atom. The summed E-state index contributed by atoms with van der Waals surface area (Å²) in [6.07, 6.45) is 3.06. The van der Waals surface area contributed by atoms with Crippen LogP contribution in [0, 0.1) is 0 Å². The molecule has 0 fully saturated rings. The number of allylic oxidation sites excluding steroid dienone is 2. The SMILES string of the molecule is CC(C)=CC=NO.[H-].[Na+]. The average molecular weight is 123 g/mol. The van der Waals surface area contributed by atoms with Crippen molar-refractivity contribution in [2.45, 2.75) is 13.8 Å². The van der Waals surface area contributed by atoms with E-state index in [0.717, 1.165) is 5.57 Å². The van der Waals surface area contributed by atoms with E-state index in [2.05, 4.69) is 5.16 Å². The van der Waals surface area contributed by atoms with Gasteiger partial charge in [-0.1, -0.05) is 10.7 Å². The molecule has 0 amide bonds. The minimum atomic E-state index is 0. The number of nitrogens with zero attached hydrogens (tertiary/aromatic N) is 1. The zero-order valence-corrected chi connectivity index (χ0v) is 7.55. The summed E-state index contributed by atoms with van der Waals surface area (Å²) in [5.41, 5.74) is 1.12. The van der Waals surface area contributed by atoms with E-state index < -0.39 is 0 Å². The van der Waals surface area contributed by atoms with Gasteiger partial charge >= 0.3 is 29.6 Å². The molecule has 0 rings (SSSR count). The summed E-state index contributed by atoms with van der Waals surface area (Å²) in [6, 6.07) is 0. The van der Waals surface area contributed by atoms with E-state index in [1.54, 1.807) is 6.08 Å². The van der Waals surface area contributed by atoms with Crippen LogP contribution in [-0.2, 0) is 0 Å². The van der Waals surface area contributed by atoms with Crippen LogP contribution in [0.15, 0.2) is 16.8 Å². The number of hydrogen-bond acceptors (Lipinski definition) is 2. The van der Waals surface area contributed by atoms with Crippen molar-refractivity contribution in [3.63, 3.8) is 0 Å². The van der Waals surface area contributed by atoms with Crippen molar-refractivity contribution in [3.05, 3.63) is 11.6 Å². The molecule has 0 heterocycles. The molecule has 0 radical (unpaired) electrons. The molecular formula is C5H10NNaO. The van der Waals surface area contributed by atoms with Gasteiger partial charge in [0.1, 0.15) is 0 Å². The molecule has 2 nitrogen and oxygen atoms in total. The fraction of sp³-hybridized carbons (Fsp3) is 0.400. The van der Waals surface area contributed by atoms with E-state index in [1.807, 2.05) is 13.8 Å². The van der Waals surface area contributed by atoms with Gasteiger partial charge in [0.25, 0.3) is 0 Å². The van der Waals surface area contributed by atoms with Crippen molar-refractivity contribution in [1.29, 1.82) is 0 Å². The van der Waals surface area contributed by atoms with Gasteiger partial charge in [-0.05, 0) is 19.9 Å². The molecule has 0 atom stereocenters. The van der Waals surface area contributed by atoms with Crippen LogP contribution < -0.4 is 29.6 Å². The normalized spacial score (nSPS) is 8.25. The average Bonchev–Trinajstić information content (AvgIpc) is 1.61. The van der Waals surface area contributed by atoms with Gasteiger partial charge in [0.15, 0.2) is 0 Å². The predicted molar refractivity (Wildman–Crippen MR) is 30.8 cm³/mol. The Morgan fingerprint density at radius 2 is 2.12 bits per heavy atom. The van der Waals surface area contributed by atoms with Crippen LogP contribution in [0.3, 0.4) is 0 Å². The fourth-order valence-electron chi connectivity index (χ4n) is 0.182. The topological polar surface area (TPSA) is 32.6 Å². The number of hydrogen-bond donors (Lipinski definition) is 1. The molecule has 0 bridgehead atoms. The van der Waals surface area contributed by atoms with E-state index in [1.165, 1.54) is 6.21 Å². The van der Waals surface area contributed by atoms with Crippen molar-refractivity contribution >= 4 is 6.21 Å². The van der Waals surface area contributed by atoms with Gasteiger partial charge in [-0.25, -0.2) is 0 Å². The van der Waals surface area contributed by atoms with E-state index >= 15 is 0 Å². The first-order valence-corrected chi connectivity index (χ1v) is 2.08. The minimum absolute atomic E-state index is 0. The van der Waals surface area contributed by atoms with E-state index in [0.29, 0.717) is 0 Å². The molecule has 0 aromatic carbocycles. The van der Waals surface area contributed by atoms with Crippen molar-refractivity contribution in [2.24, 2.45) is 5.16 Å². The van der Waals surface area contributed by atoms with Crippen LogP contribution >= 0.6 is 0 Å². The molecule has 42 valence electrons. The molecule has 0 aliphatic heterocycles. The Bertz CT molecular complexity index is 99.1. The summed E-state index contributed by atoms with van der Waals surface area (Å²) in [5, 5.41) is 10.6. The standard InChI is InChI=1S/C5H9NO.Na.H/c1-5(2)3-4-6-7;;/h3-4,7H,1-2H3;;/q;+1;-1. The maximum atomic E-state index is 7.84. The molecule has 0 saturated carbocycles. The molecule has 0 aliphatic rings. The molecule has 1 N–H and O–H groups in total. The van der Waals surface area contributed by atoms with Gasteiger partial charge < -0.3 is 6.63 Å². The third-order valence-electron chi connectivity index (χ3n) is 0.475. The summed E-state index contributed by atoms with van der Waals surface area (Å²) < 4.78 is 0. The molecule has 0 aliphatic carbocycles. The molecule has 8 heavy (non-hydrogen) atoms.